The van der Waals surface area contributed by atoms with Crippen LogP contribution in [0.15, 0.2) is 0 Å². The highest BCUT2D eigenvalue weighted by Gasteiger charge is 1.81. The van der Waals surface area contributed by atoms with Gasteiger partial charge in [0.2, 0.25) is 0 Å². The fraction of sp³-hybridized carbons (Fsp3) is 1.00. The molecule has 0 aliphatic rings. The molecule has 0 heterocycles. The lowest BCUT2D eigenvalue weighted by atomic mass is 11.7. The summed E-state index contributed by atoms with van der Waals surface area (Å²) in [6, 6.07) is 0. The molecule has 0 saturated carbocycles. The molecular formula is C2H8OP2. The largest absolute Gasteiger partial charge is 0.385 e. The van der Waals surface area contributed by atoms with Crippen molar-refractivity contribution in [3.63, 3.8) is 0 Å². The van der Waals surface area contributed by atoms with Crippen LogP contribution in [-0.4, -0.2) is 17.4 Å². The van der Waals surface area contributed by atoms with Crippen LogP contribution in [0.2, 0.25) is 0 Å². The van der Waals surface area contributed by atoms with E-state index in [1.165, 1.54) is 0 Å². The molecule has 3 heteroatoms. The van der Waals surface area contributed by atoms with Gasteiger partial charge < -0.3 is 5.11 Å². The molecule has 0 saturated heterocycles. The smallest absolute Gasteiger partial charge is 0.0828 e. The standard InChI is InChI=1S/C2H8OP2/c1-5-2(3)4/h2-3,5H,4H2,1H3. The van der Waals surface area contributed by atoms with Crippen LogP contribution in [0.4, 0.5) is 0 Å². The maximum atomic E-state index is 8.34. The molecule has 32 valence electrons. The Labute approximate surface area is 36.1 Å². The third-order valence-corrected chi connectivity index (χ3v) is 1.89. The van der Waals surface area contributed by atoms with Crippen LogP contribution >= 0.6 is 17.8 Å². The van der Waals surface area contributed by atoms with Crippen molar-refractivity contribution in [1.29, 1.82) is 0 Å². The van der Waals surface area contributed by atoms with Gasteiger partial charge in [0.15, 0.2) is 0 Å². The average molecular weight is 110 g/mol. The Morgan fingerprint density at radius 2 is 2.20 bits per heavy atom. The molecule has 0 rings (SSSR count). The summed E-state index contributed by atoms with van der Waals surface area (Å²) in [6.07, 6.45) is 0. The first kappa shape index (κ1) is 5.82. The molecule has 0 aromatic rings. The second-order valence-corrected chi connectivity index (χ2v) is 3.20. The van der Waals surface area contributed by atoms with Gasteiger partial charge in [0.05, 0.1) is 5.59 Å². The third kappa shape index (κ3) is 4.82. The van der Waals surface area contributed by atoms with Gasteiger partial charge in [0.25, 0.3) is 0 Å². The summed E-state index contributed by atoms with van der Waals surface area (Å²) < 4.78 is 0. The number of hydrogen-bond donors (Lipinski definition) is 1. The molecule has 0 aromatic heterocycles. The number of aliphatic hydroxyl groups excluding tert-OH is 1. The summed E-state index contributed by atoms with van der Waals surface area (Å²) in [4.78, 5) is 0. The molecule has 1 N–H and O–H groups in total. The fourth-order valence-electron chi connectivity index (χ4n) is 0. The maximum absolute atomic E-state index is 8.34. The predicted molar refractivity (Wildman–Crippen MR) is 30.0 cm³/mol. The van der Waals surface area contributed by atoms with Gasteiger partial charge in [-0.2, -0.15) is 0 Å². The lowest BCUT2D eigenvalue weighted by Gasteiger charge is -1.91. The van der Waals surface area contributed by atoms with Crippen molar-refractivity contribution >= 4 is 17.8 Å². The van der Waals surface area contributed by atoms with E-state index in [1.807, 2.05) is 6.66 Å². The van der Waals surface area contributed by atoms with E-state index >= 15 is 0 Å². The lowest BCUT2D eigenvalue weighted by Crippen LogP contribution is -1.77. The summed E-state index contributed by atoms with van der Waals surface area (Å²) in [5.74, 6) is 0. The van der Waals surface area contributed by atoms with Crippen molar-refractivity contribution < 1.29 is 5.11 Å². The van der Waals surface area contributed by atoms with Crippen LogP contribution in [0.1, 0.15) is 0 Å². The van der Waals surface area contributed by atoms with Crippen LogP contribution in [-0.2, 0) is 0 Å². The van der Waals surface area contributed by atoms with Crippen LogP contribution in [0.25, 0.3) is 0 Å². The molecule has 1 nitrogen and oxygen atoms in total. The zero-order valence-electron chi connectivity index (χ0n) is 3.10. The van der Waals surface area contributed by atoms with E-state index in [4.69, 9.17) is 5.11 Å². The molecule has 0 spiro atoms. The van der Waals surface area contributed by atoms with Crippen molar-refractivity contribution in [3.05, 3.63) is 0 Å². The van der Waals surface area contributed by atoms with Crippen LogP contribution in [0.5, 0.6) is 0 Å². The Morgan fingerprint density at radius 3 is 2.20 bits per heavy atom. The SMILES string of the molecule is CPC(O)P. The van der Waals surface area contributed by atoms with E-state index in [-0.39, 0.29) is 5.59 Å². The zero-order chi connectivity index (χ0) is 4.28. The Morgan fingerprint density at radius 1 is 2.00 bits per heavy atom. The van der Waals surface area contributed by atoms with E-state index in [0.29, 0.717) is 8.58 Å². The minimum absolute atomic E-state index is 0.171. The molecule has 3 unspecified atom stereocenters. The van der Waals surface area contributed by atoms with Gasteiger partial charge in [-0.15, -0.1) is 9.24 Å². The second-order valence-electron chi connectivity index (χ2n) is 0.734. The Bertz CT molecular complexity index is 21.6. The molecule has 0 aliphatic heterocycles. The van der Waals surface area contributed by atoms with E-state index < -0.39 is 0 Å². The highest BCUT2D eigenvalue weighted by molar-refractivity contribution is 7.49. The van der Waals surface area contributed by atoms with E-state index in [2.05, 4.69) is 9.24 Å². The molecule has 0 amide bonds. The minimum Gasteiger partial charge on any atom is -0.385 e. The topological polar surface area (TPSA) is 20.2 Å². The number of hydrogen-bond acceptors (Lipinski definition) is 1. The quantitative estimate of drug-likeness (QED) is 0.486. The Balaban J connectivity index is 2.54. The second kappa shape index (κ2) is 3.03. The summed E-state index contributed by atoms with van der Waals surface area (Å²) in [7, 11) is 2.93. The molecular weight excluding hydrogens is 102 g/mol. The van der Waals surface area contributed by atoms with Gasteiger partial charge >= 0.3 is 0 Å². The van der Waals surface area contributed by atoms with E-state index in [9.17, 15) is 0 Å². The summed E-state index contributed by atoms with van der Waals surface area (Å²) in [5.41, 5.74) is -0.171. The molecule has 0 radical (unpaired) electrons. The van der Waals surface area contributed by atoms with Gasteiger partial charge in [-0.1, -0.05) is 8.58 Å². The summed E-state index contributed by atoms with van der Waals surface area (Å²) >= 11 is 0. The van der Waals surface area contributed by atoms with Gasteiger partial charge in [-0.05, 0) is 6.66 Å². The summed E-state index contributed by atoms with van der Waals surface area (Å²) in [6.45, 7) is 1.96. The predicted octanol–water partition coefficient (Wildman–Crippen LogP) is 0.446. The van der Waals surface area contributed by atoms with Crippen molar-refractivity contribution in [1.82, 2.24) is 0 Å². The number of aliphatic hydroxyl groups is 1. The lowest BCUT2D eigenvalue weighted by molar-refractivity contribution is 0.342. The van der Waals surface area contributed by atoms with Gasteiger partial charge in [0.1, 0.15) is 0 Å². The van der Waals surface area contributed by atoms with Gasteiger partial charge in [-0.3, -0.25) is 0 Å². The molecule has 3 atom stereocenters. The third-order valence-electron chi connectivity index (χ3n) is 0.296. The first-order valence-electron chi connectivity index (χ1n) is 1.38. The highest BCUT2D eigenvalue weighted by Crippen LogP contribution is 2.15. The molecule has 0 bridgehead atoms. The first-order chi connectivity index (χ1) is 2.27. The minimum atomic E-state index is -0.171. The Kier molecular flexibility index (Phi) is 3.52. The Hall–Kier alpha value is 0.820. The van der Waals surface area contributed by atoms with Crippen molar-refractivity contribution in [3.8, 4) is 0 Å². The first-order valence-corrected chi connectivity index (χ1v) is 3.62. The zero-order valence-corrected chi connectivity index (χ0v) is 5.26. The molecule has 0 aromatic carbocycles. The normalized spacial score (nSPS) is 17.4. The maximum Gasteiger partial charge on any atom is 0.0828 e. The van der Waals surface area contributed by atoms with Crippen molar-refractivity contribution in [2.24, 2.45) is 0 Å². The van der Waals surface area contributed by atoms with Crippen LogP contribution in [0, 0.1) is 0 Å². The van der Waals surface area contributed by atoms with Crippen LogP contribution < -0.4 is 0 Å². The fourth-order valence-corrected chi connectivity index (χ4v) is 0. The van der Waals surface area contributed by atoms with Gasteiger partial charge in [0, 0.05) is 0 Å². The van der Waals surface area contributed by atoms with Crippen molar-refractivity contribution in [2.45, 2.75) is 5.59 Å². The van der Waals surface area contributed by atoms with E-state index in [1.54, 1.807) is 0 Å². The molecule has 5 heavy (non-hydrogen) atoms. The van der Waals surface area contributed by atoms with Crippen LogP contribution in [0.3, 0.4) is 0 Å². The monoisotopic (exact) mass is 110 g/mol. The number of rotatable bonds is 1. The summed E-state index contributed by atoms with van der Waals surface area (Å²) in [5, 5.41) is 8.34. The average Bonchev–Trinajstić information content (AvgIpc) is 1.38. The van der Waals surface area contributed by atoms with Crippen molar-refractivity contribution in [2.75, 3.05) is 6.66 Å². The van der Waals surface area contributed by atoms with Gasteiger partial charge in [-0.25, -0.2) is 0 Å². The molecule has 0 aliphatic carbocycles. The molecule has 0 fully saturated rings. The highest BCUT2D eigenvalue weighted by atomic mass is 31.1. The van der Waals surface area contributed by atoms with E-state index in [0.717, 1.165) is 0 Å².